The minimum absolute atomic E-state index is 0.286. The number of aromatic nitrogens is 1. The summed E-state index contributed by atoms with van der Waals surface area (Å²) in [6.07, 6.45) is 2.24. The molecule has 1 aromatic carbocycles. The van der Waals surface area contributed by atoms with Crippen LogP contribution >= 0.6 is 11.3 Å². The van der Waals surface area contributed by atoms with Crippen molar-refractivity contribution in [2.45, 2.75) is 0 Å². The molecule has 0 bridgehead atoms. The first-order valence-corrected chi connectivity index (χ1v) is 6.68. The molecule has 2 aromatic rings. The van der Waals surface area contributed by atoms with Gasteiger partial charge in [-0.05, 0) is 0 Å². The first-order chi connectivity index (χ1) is 9.69. The number of benzene rings is 1. The van der Waals surface area contributed by atoms with Crippen molar-refractivity contribution in [2.24, 2.45) is 0 Å². The second-order valence-electron chi connectivity index (χ2n) is 3.86. The Morgan fingerprint density at radius 3 is 2.45 bits per heavy atom. The second kappa shape index (κ2) is 6.52. The van der Waals surface area contributed by atoms with E-state index >= 15 is 0 Å². The average Bonchev–Trinajstić information content (AvgIpc) is 2.97. The number of nitrogens with zero attached hydrogens (tertiary/aromatic N) is 2. The summed E-state index contributed by atoms with van der Waals surface area (Å²) >= 11 is 1.52. The summed E-state index contributed by atoms with van der Waals surface area (Å²) < 4.78 is 0. The Bertz CT molecular complexity index is 659. The van der Waals surface area contributed by atoms with Gasteiger partial charge in [0.05, 0.1) is 0 Å². The molecule has 1 heterocycles. The third-order valence-corrected chi connectivity index (χ3v) is 3.52. The molecule has 0 spiro atoms. The first kappa shape index (κ1) is 14.5. The Morgan fingerprint density at radius 2 is 1.95 bits per heavy atom. The van der Waals surface area contributed by atoms with Gasteiger partial charge in [0, 0.05) is 0 Å². The van der Waals surface area contributed by atoms with Crippen LogP contribution in [0.1, 0.15) is 10.4 Å². The second-order valence-corrected chi connectivity index (χ2v) is 4.75. The maximum atomic E-state index is 12.0. The third-order valence-electron chi connectivity index (χ3n) is 2.68. The van der Waals surface area contributed by atoms with Crippen LogP contribution in [0.5, 0.6) is 0 Å². The van der Waals surface area contributed by atoms with Gasteiger partial charge in [-0.25, -0.2) is 0 Å². The van der Waals surface area contributed by atoms with Crippen LogP contribution in [0, 0.1) is 0 Å². The third kappa shape index (κ3) is 2.99. The fourth-order valence-electron chi connectivity index (χ4n) is 1.63. The summed E-state index contributed by atoms with van der Waals surface area (Å²) in [6, 6.07) is 7.09. The molecular formula is C13H9B3N2OS. The van der Waals surface area contributed by atoms with Crippen molar-refractivity contribution in [3.8, 4) is 11.3 Å². The molecule has 20 heavy (non-hydrogen) atoms. The van der Waals surface area contributed by atoms with E-state index in [1.807, 2.05) is 17.5 Å². The standard InChI is InChI=1S/C13H9B3N2OS/c1-16-13-17-11(6-20-13)9-2-4-10(5-3-9)12(19)18(7-14)8-15/h2-8H,1H2. The predicted molar refractivity (Wildman–Crippen MR) is 89.9 cm³/mol. The number of hydrogen-bond acceptors (Lipinski definition) is 3. The summed E-state index contributed by atoms with van der Waals surface area (Å²) in [5.41, 5.74) is 2.29. The Kier molecular flexibility index (Phi) is 4.74. The van der Waals surface area contributed by atoms with Crippen LogP contribution in [0.15, 0.2) is 29.6 Å². The molecule has 7 heteroatoms. The zero-order chi connectivity index (χ0) is 14.5. The monoisotopic (exact) mass is 274 g/mol. The van der Waals surface area contributed by atoms with Gasteiger partial charge in [0.2, 0.25) is 0 Å². The molecule has 0 saturated heterocycles. The van der Waals surface area contributed by atoms with Gasteiger partial charge in [-0.1, -0.05) is 0 Å². The molecule has 92 valence electrons. The van der Waals surface area contributed by atoms with E-state index in [-0.39, 0.29) is 5.91 Å². The summed E-state index contributed by atoms with van der Waals surface area (Å²) in [6.45, 7) is 5.39. The van der Waals surface area contributed by atoms with Crippen LogP contribution in [0.2, 0.25) is 0 Å². The number of hydrogen-bond donors (Lipinski definition) is 0. The summed E-state index contributed by atoms with van der Waals surface area (Å²) in [4.78, 5) is 18.4. The molecule has 3 nitrogen and oxygen atoms in total. The number of carbonyl (C=O) groups excluding carboxylic acids is 1. The maximum absolute atomic E-state index is 12.0. The molecule has 2 rings (SSSR count). The van der Waals surface area contributed by atoms with Gasteiger partial charge in [0.1, 0.15) is 0 Å². The van der Waals surface area contributed by atoms with Gasteiger partial charge in [0.15, 0.2) is 0 Å². The SMILES string of the molecule is [B]=CN(C=[B])C(=O)c1ccc(-c2csc(B=C)n2)cc1. The van der Waals surface area contributed by atoms with E-state index in [2.05, 4.69) is 11.5 Å². The van der Waals surface area contributed by atoms with Gasteiger partial charge in [0.25, 0.3) is 0 Å². The van der Waals surface area contributed by atoms with Gasteiger partial charge in [-0.2, -0.15) is 0 Å². The van der Waals surface area contributed by atoms with E-state index in [1.165, 1.54) is 11.3 Å². The normalized spacial score (nSPS) is 9.50. The van der Waals surface area contributed by atoms with Crippen LogP contribution in [-0.4, -0.2) is 56.3 Å². The van der Waals surface area contributed by atoms with Crippen molar-refractivity contribution in [2.75, 3.05) is 0 Å². The van der Waals surface area contributed by atoms with Gasteiger partial charge >= 0.3 is 124 Å². The molecule has 1 amide bonds. The number of thiazole rings is 1. The van der Waals surface area contributed by atoms with E-state index < -0.39 is 0 Å². The zero-order valence-corrected chi connectivity index (χ0v) is 11.5. The van der Waals surface area contributed by atoms with E-state index in [9.17, 15) is 4.79 Å². The molecule has 0 fully saturated rings. The first-order valence-electron chi connectivity index (χ1n) is 5.80. The van der Waals surface area contributed by atoms with Gasteiger partial charge in [-0.15, -0.1) is 0 Å². The Morgan fingerprint density at radius 1 is 1.30 bits per heavy atom. The van der Waals surface area contributed by atoms with Crippen LogP contribution in [0.4, 0.5) is 0 Å². The van der Waals surface area contributed by atoms with E-state index in [1.54, 1.807) is 19.1 Å². The van der Waals surface area contributed by atoms with Crippen molar-refractivity contribution in [1.82, 2.24) is 9.88 Å². The molecule has 0 unspecified atom stereocenters. The summed E-state index contributed by atoms with van der Waals surface area (Å²) in [7, 11) is 10.6. The minimum atomic E-state index is -0.286. The topological polar surface area (TPSA) is 33.2 Å². The molecule has 0 aliphatic rings. The van der Waals surface area contributed by atoms with Crippen molar-refractivity contribution in [3.05, 3.63) is 35.2 Å². The van der Waals surface area contributed by atoms with Gasteiger partial charge in [-0.3, -0.25) is 0 Å². The van der Waals surface area contributed by atoms with Crippen LogP contribution in [-0.2, 0) is 0 Å². The number of amides is 1. The Hall–Kier alpha value is -1.88. The van der Waals surface area contributed by atoms with Crippen molar-refractivity contribution >= 4 is 62.7 Å². The van der Waals surface area contributed by atoms with E-state index in [0.29, 0.717) is 5.56 Å². The van der Waals surface area contributed by atoms with Crippen molar-refractivity contribution in [3.63, 3.8) is 0 Å². The van der Waals surface area contributed by atoms with Crippen LogP contribution in [0.25, 0.3) is 11.3 Å². The molecule has 0 aliphatic carbocycles. The van der Waals surface area contributed by atoms with Crippen LogP contribution < -0.4 is 4.91 Å². The van der Waals surface area contributed by atoms with E-state index in [0.717, 1.165) is 33.2 Å². The molecular weight excluding hydrogens is 265 g/mol. The fourth-order valence-corrected chi connectivity index (χ4v) is 2.30. The molecule has 2 radical (unpaired) electrons. The predicted octanol–water partition coefficient (Wildman–Crippen LogP) is -0.130. The Balaban J connectivity index is 2.25. The van der Waals surface area contributed by atoms with Crippen molar-refractivity contribution < 1.29 is 4.79 Å². The average molecular weight is 274 g/mol. The van der Waals surface area contributed by atoms with Gasteiger partial charge < -0.3 is 0 Å². The van der Waals surface area contributed by atoms with Crippen molar-refractivity contribution in [1.29, 1.82) is 0 Å². The molecule has 0 N–H and O–H groups in total. The molecule has 0 atom stereocenters. The molecule has 1 aromatic heterocycles. The molecule has 0 aliphatic heterocycles. The molecule has 0 saturated carbocycles. The zero-order valence-electron chi connectivity index (χ0n) is 10.7. The summed E-state index contributed by atoms with van der Waals surface area (Å²) in [5, 5.41) is 1.95. The van der Waals surface area contributed by atoms with E-state index in [4.69, 9.17) is 15.0 Å². The number of carbonyl (C=O) groups is 1. The fraction of sp³-hybridized carbons (Fsp3) is 0. The number of rotatable bonds is 5. The Labute approximate surface area is 124 Å². The van der Waals surface area contributed by atoms with Crippen LogP contribution in [0.3, 0.4) is 0 Å². The quantitative estimate of drug-likeness (QED) is 0.711. The summed E-state index contributed by atoms with van der Waals surface area (Å²) in [5.74, 6) is -0.286.